The van der Waals surface area contributed by atoms with Crippen molar-refractivity contribution in [1.29, 1.82) is 0 Å². The Morgan fingerprint density at radius 3 is 1.80 bits per heavy atom. The fourth-order valence-corrected chi connectivity index (χ4v) is 2.26. The first-order valence-electron chi connectivity index (χ1n) is 8.23. The topological polar surface area (TPSA) is 57.4 Å². The molecule has 0 aliphatic carbocycles. The summed E-state index contributed by atoms with van der Waals surface area (Å²) in [5, 5.41) is 7.95. The molecule has 0 spiro atoms. The van der Waals surface area contributed by atoms with E-state index in [1.807, 2.05) is 42.5 Å². The zero-order chi connectivity index (χ0) is 17.7. The van der Waals surface area contributed by atoms with Gasteiger partial charge in [-0.1, -0.05) is 51.1 Å². The molecule has 0 atom stereocenters. The van der Waals surface area contributed by atoms with Crippen molar-refractivity contribution in [3.63, 3.8) is 0 Å². The van der Waals surface area contributed by atoms with E-state index in [1.165, 1.54) is 5.56 Å². The van der Waals surface area contributed by atoms with Crippen molar-refractivity contribution < 1.29 is 13.9 Å². The Balaban J connectivity index is 1.51. The fraction of sp³-hybridized carbons (Fsp3) is 0.300. The first kappa shape index (κ1) is 17.0. The lowest BCUT2D eigenvalue weighted by atomic mass is 9.87. The molecule has 3 rings (SSSR count). The van der Waals surface area contributed by atoms with Gasteiger partial charge >= 0.3 is 0 Å². The molecule has 0 N–H and O–H groups in total. The lowest BCUT2D eigenvalue weighted by Crippen LogP contribution is -2.10. The Morgan fingerprint density at radius 1 is 0.760 bits per heavy atom. The summed E-state index contributed by atoms with van der Waals surface area (Å²) in [5.74, 6) is 2.38. The van der Waals surface area contributed by atoms with E-state index in [1.54, 1.807) is 0 Å². The minimum absolute atomic E-state index is 0.124. The lowest BCUT2D eigenvalue weighted by molar-refractivity contribution is 0.231. The van der Waals surface area contributed by atoms with E-state index in [0.29, 0.717) is 11.8 Å². The van der Waals surface area contributed by atoms with Gasteiger partial charge in [0.2, 0.25) is 0 Å². The monoisotopic (exact) mass is 338 g/mol. The van der Waals surface area contributed by atoms with Gasteiger partial charge in [0.15, 0.2) is 13.2 Å². The molecule has 0 unspecified atom stereocenters. The third-order valence-corrected chi connectivity index (χ3v) is 3.70. The highest BCUT2D eigenvalue weighted by molar-refractivity contribution is 5.31. The van der Waals surface area contributed by atoms with Gasteiger partial charge in [-0.25, -0.2) is 0 Å². The van der Waals surface area contributed by atoms with Crippen molar-refractivity contribution in [2.75, 3.05) is 0 Å². The second-order valence-corrected chi connectivity index (χ2v) is 6.75. The molecule has 5 heteroatoms. The zero-order valence-electron chi connectivity index (χ0n) is 14.7. The van der Waals surface area contributed by atoms with Crippen LogP contribution in [-0.2, 0) is 18.6 Å². The highest BCUT2D eigenvalue weighted by atomic mass is 16.5. The Kier molecular flexibility index (Phi) is 5.03. The van der Waals surface area contributed by atoms with Crippen LogP contribution in [0.3, 0.4) is 0 Å². The van der Waals surface area contributed by atoms with E-state index in [2.05, 4.69) is 43.1 Å². The molecule has 3 aromatic rings. The predicted molar refractivity (Wildman–Crippen MR) is 94.5 cm³/mol. The van der Waals surface area contributed by atoms with Gasteiger partial charge in [-0.3, -0.25) is 0 Å². The number of hydrogen-bond acceptors (Lipinski definition) is 5. The quantitative estimate of drug-likeness (QED) is 0.661. The number of rotatable bonds is 6. The number of aromatic nitrogens is 2. The maximum atomic E-state index is 5.70. The molecule has 130 valence electrons. The van der Waals surface area contributed by atoms with E-state index >= 15 is 0 Å². The van der Waals surface area contributed by atoms with Gasteiger partial charge in [0.25, 0.3) is 11.8 Å². The van der Waals surface area contributed by atoms with E-state index in [9.17, 15) is 0 Å². The number of ether oxygens (including phenoxy) is 2. The molecule has 0 saturated carbocycles. The summed E-state index contributed by atoms with van der Waals surface area (Å²) in [6.07, 6.45) is 0. The SMILES string of the molecule is CC(C)(C)c1ccc(OCc2nnc(COc3ccccc3)o2)cc1. The maximum absolute atomic E-state index is 5.70. The molecule has 0 aliphatic rings. The van der Waals surface area contributed by atoms with Crippen LogP contribution in [0.4, 0.5) is 0 Å². The Bertz CT molecular complexity index is 790. The van der Waals surface area contributed by atoms with Gasteiger partial charge in [-0.15, -0.1) is 10.2 Å². The second kappa shape index (κ2) is 7.38. The maximum Gasteiger partial charge on any atom is 0.254 e. The minimum atomic E-state index is 0.124. The first-order chi connectivity index (χ1) is 12.0. The van der Waals surface area contributed by atoms with Crippen molar-refractivity contribution in [3.8, 4) is 11.5 Å². The Hall–Kier alpha value is -2.82. The van der Waals surface area contributed by atoms with Crippen LogP contribution in [0.1, 0.15) is 38.1 Å². The van der Waals surface area contributed by atoms with Crippen molar-refractivity contribution in [3.05, 3.63) is 71.9 Å². The van der Waals surface area contributed by atoms with Crippen LogP contribution >= 0.6 is 0 Å². The van der Waals surface area contributed by atoms with Crippen LogP contribution < -0.4 is 9.47 Å². The highest BCUT2D eigenvalue weighted by Gasteiger charge is 2.13. The molecule has 1 aromatic heterocycles. The number of benzene rings is 2. The molecule has 0 radical (unpaired) electrons. The Labute approximate surface area is 147 Å². The van der Waals surface area contributed by atoms with Gasteiger partial charge < -0.3 is 13.9 Å². The average molecular weight is 338 g/mol. The van der Waals surface area contributed by atoms with Crippen LogP contribution in [0.25, 0.3) is 0 Å². The Morgan fingerprint density at radius 2 is 1.28 bits per heavy atom. The average Bonchev–Trinajstić information content (AvgIpc) is 3.07. The van der Waals surface area contributed by atoms with Gasteiger partial charge in [0.05, 0.1) is 0 Å². The normalized spacial score (nSPS) is 11.3. The number of para-hydroxylation sites is 1. The number of hydrogen-bond donors (Lipinski definition) is 0. The van der Waals surface area contributed by atoms with Crippen LogP contribution in [0.15, 0.2) is 59.0 Å². The van der Waals surface area contributed by atoms with Crippen molar-refractivity contribution in [1.82, 2.24) is 10.2 Å². The molecule has 5 nitrogen and oxygen atoms in total. The summed E-state index contributed by atoms with van der Waals surface area (Å²) >= 11 is 0. The van der Waals surface area contributed by atoms with Crippen LogP contribution in [0, 0.1) is 0 Å². The molecular weight excluding hydrogens is 316 g/mol. The van der Waals surface area contributed by atoms with E-state index in [0.717, 1.165) is 11.5 Å². The third kappa shape index (κ3) is 4.83. The minimum Gasteiger partial charge on any atom is -0.484 e. The molecule has 25 heavy (non-hydrogen) atoms. The molecule has 2 aromatic carbocycles. The summed E-state index contributed by atoms with van der Waals surface area (Å²) in [4.78, 5) is 0. The molecule has 0 fully saturated rings. The smallest absolute Gasteiger partial charge is 0.254 e. The summed E-state index contributed by atoms with van der Waals surface area (Å²) in [6.45, 7) is 7.01. The molecule has 1 heterocycles. The second-order valence-electron chi connectivity index (χ2n) is 6.75. The third-order valence-electron chi connectivity index (χ3n) is 3.70. The summed E-state index contributed by atoms with van der Waals surface area (Å²) in [6, 6.07) is 17.6. The lowest BCUT2D eigenvalue weighted by Gasteiger charge is -2.19. The zero-order valence-corrected chi connectivity index (χ0v) is 14.7. The van der Waals surface area contributed by atoms with Gasteiger partial charge in [0.1, 0.15) is 11.5 Å². The van der Waals surface area contributed by atoms with Crippen molar-refractivity contribution in [2.45, 2.75) is 39.4 Å². The molecule has 0 bridgehead atoms. The molecule has 0 saturated heterocycles. The van der Waals surface area contributed by atoms with Crippen LogP contribution in [0.2, 0.25) is 0 Å². The number of nitrogens with zero attached hydrogens (tertiary/aromatic N) is 2. The molecular formula is C20H22N2O3. The van der Waals surface area contributed by atoms with Gasteiger partial charge in [0, 0.05) is 0 Å². The molecule has 0 amide bonds. The first-order valence-corrected chi connectivity index (χ1v) is 8.23. The van der Waals surface area contributed by atoms with Gasteiger partial charge in [-0.05, 0) is 35.2 Å². The standard InChI is InChI=1S/C20H22N2O3/c1-20(2,3)15-9-11-17(12-10-15)24-14-19-22-21-18(25-19)13-23-16-7-5-4-6-8-16/h4-12H,13-14H2,1-3H3. The van der Waals surface area contributed by atoms with E-state index < -0.39 is 0 Å². The van der Waals surface area contributed by atoms with E-state index in [4.69, 9.17) is 13.9 Å². The van der Waals surface area contributed by atoms with Gasteiger partial charge in [-0.2, -0.15) is 0 Å². The fourth-order valence-electron chi connectivity index (χ4n) is 2.26. The largest absolute Gasteiger partial charge is 0.484 e. The van der Waals surface area contributed by atoms with E-state index in [-0.39, 0.29) is 18.6 Å². The molecule has 0 aliphatic heterocycles. The predicted octanol–water partition coefficient (Wildman–Crippen LogP) is 4.53. The van der Waals surface area contributed by atoms with Crippen LogP contribution in [0.5, 0.6) is 11.5 Å². The van der Waals surface area contributed by atoms with Crippen LogP contribution in [-0.4, -0.2) is 10.2 Å². The van der Waals surface area contributed by atoms with Crippen molar-refractivity contribution in [2.24, 2.45) is 0 Å². The van der Waals surface area contributed by atoms with Crippen molar-refractivity contribution >= 4 is 0 Å². The summed E-state index contributed by atoms with van der Waals surface area (Å²) in [7, 11) is 0. The summed E-state index contributed by atoms with van der Waals surface area (Å²) in [5.41, 5.74) is 1.39. The highest BCUT2D eigenvalue weighted by Crippen LogP contribution is 2.24. The summed E-state index contributed by atoms with van der Waals surface area (Å²) < 4.78 is 16.8.